The second-order valence-corrected chi connectivity index (χ2v) is 5.16. The van der Waals surface area contributed by atoms with Crippen LogP contribution in [0.1, 0.15) is 25.7 Å². The molecule has 1 aromatic carbocycles. The third-order valence-corrected chi connectivity index (χ3v) is 3.31. The fraction of sp³-hybridized carbons (Fsp3) is 0.500. The first kappa shape index (κ1) is 10.8. The normalized spacial score (nSPS) is 15.3. The second kappa shape index (κ2) is 4.88. The third-order valence-electron chi connectivity index (χ3n) is 2.82. The molecule has 0 heterocycles. The quantitative estimate of drug-likeness (QED) is 0.632. The molecule has 0 unspecified atom stereocenters. The molecule has 15 heavy (non-hydrogen) atoms. The Labute approximate surface area is 99.4 Å². The lowest BCUT2D eigenvalue weighted by atomic mass is 10.2. The second-order valence-electron chi connectivity index (χ2n) is 4.24. The van der Waals surface area contributed by atoms with Gasteiger partial charge in [-0.3, -0.25) is 0 Å². The van der Waals surface area contributed by atoms with E-state index >= 15 is 0 Å². The Bertz CT molecular complexity index is 334. The van der Waals surface area contributed by atoms with Gasteiger partial charge in [0.15, 0.2) is 0 Å². The summed E-state index contributed by atoms with van der Waals surface area (Å²) in [7, 11) is 0. The number of benzene rings is 1. The molecule has 0 saturated heterocycles. The van der Waals surface area contributed by atoms with Crippen LogP contribution in [-0.4, -0.2) is 6.54 Å². The summed E-state index contributed by atoms with van der Waals surface area (Å²) in [4.78, 5) is 0. The van der Waals surface area contributed by atoms with Crippen molar-refractivity contribution >= 4 is 27.3 Å². The first-order valence-electron chi connectivity index (χ1n) is 5.54. The molecule has 82 valence electrons. The molecule has 0 atom stereocenters. The highest BCUT2D eigenvalue weighted by atomic mass is 79.9. The van der Waals surface area contributed by atoms with Crippen molar-refractivity contribution < 1.29 is 0 Å². The Morgan fingerprint density at radius 3 is 2.87 bits per heavy atom. The smallest absolute Gasteiger partial charge is 0.0574 e. The predicted molar refractivity (Wildman–Crippen MR) is 69.0 cm³/mol. The molecular formula is C12H17BrN2. The number of nitrogens with one attached hydrogen (secondary N) is 1. The van der Waals surface area contributed by atoms with Crippen LogP contribution in [0.4, 0.5) is 11.4 Å². The minimum Gasteiger partial charge on any atom is -0.397 e. The zero-order valence-electron chi connectivity index (χ0n) is 8.80. The van der Waals surface area contributed by atoms with E-state index in [1.54, 1.807) is 0 Å². The Balaban J connectivity index is 1.76. The van der Waals surface area contributed by atoms with Crippen LogP contribution in [0.15, 0.2) is 22.7 Å². The topological polar surface area (TPSA) is 38.0 Å². The lowest BCUT2D eigenvalue weighted by Crippen LogP contribution is -2.04. The van der Waals surface area contributed by atoms with Gasteiger partial charge in [0.1, 0.15) is 0 Å². The highest BCUT2D eigenvalue weighted by molar-refractivity contribution is 9.10. The molecule has 2 nitrogen and oxygen atoms in total. The molecule has 3 heteroatoms. The molecule has 1 saturated carbocycles. The zero-order valence-corrected chi connectivity index (χ0v) is 10.4. The van der Waals surface area contributed by atoms with Gasteiger partial charge in [-0.25, -0.2) is 0 Å². The van der Waals surface area contributed by atoms with E-state index in [9.17, 15) is 0 Å². The van der Waals surface area contributed by atoms with Crippen LogP contribution >= 0.6 is 15.9 Å². The summed E-state index contributed by atoms with van der Waals surface area (Å²) in [5.41, 5.74) is 7.75. The number of rotatable bonds is 5. The summed E-state index contributed by atoms with van der Waals surface area (Å²) in [5, 5.41) is 3.38. The molecule has 0 aliphatic heterocycles. The molecule has 1 aromatic rings. The molecule has 1 fully saturated rings. The Hall–Kier alpha value is -0.700. The summed E-state index contributed by atoms with van der Waals surface area (Å²) >= 11 is 3.40. The SMILES string of the molecule is Nc1cc(Br)ccc1NCCCC1CC1. The van der Waals surface area contributed by atoms with E-state index < -0.39 is 0 Å². The van der Waals surface area contributed by atoms with Crippen molar-refractivity contribution in [3.63, 3.8) is 0 Å². The van der Waals surface area contributed by atoms with Crippen LogP contribution in [0.5, 0.6) is 0 Å². The van der Waals surface area contributed by atoms with E-state index in [0.717, 1.165) is 28.3 Å². The largest absolute Gasteiger partial charge is 0.397 e. The summed E-state index contributed by atoms with van der Waals surface area (Å²) < 4.78 is 1.03. The Kier molecular flexibility index (Phi) is 3.52. The first-order valence-corrected chi connectivity index (χ1v) is 6.34. The molecule has 1 aliphatic rings. The van der Waals surface area contributed by atoms with Crippen molar-refractivity contribution in [2.75, 3.05) is 17.6 Å². The van der Waals surface area contributed by atoms with E-state index in [-0.39, 0.29) is 0 Å². The predicted octanol–water partition coefficient (Wildman–Crippen LogP) is 3.63. The minimum atomic E-state index is 0.816. The number of halogens is 1. The highest BCUT2D eigenvalue weighted by Gasteiger charge is 2.19. The van der Waals surface area contributed by atoms with Gasteiger partial charge in [-0.2, -0.15) is 0 Å². The van der Waals surface area contributed by atoms with E-state index in [1.165, 1.54) is 25.7 Å². The molecular weight excluding hydrogens is 252 g/mol. The van der Waals surface area contributed by atoms with Crippen LogP contribution in [0.2, 0.25) is 0 Å². The average molecular weight is 269 g/mol. The number of hydrogen-bond acceptors (Lipinski definition) is 2. The van der Waals surface area contributed by atoms with Crippen LogP contribution in [0.25, 0.3) is 0 Å². The van der Waals surface area contributed by atoms with Crippen molar-refractivity contribution in [2.24, 2.45) is 5.92 Å². The lowest BCUT2D eigenvalue weighted by Gasteiger charge is -2.09. The summed E-state index contributed by atoms with van der Waals surface area (Å²) in [6.45, 7) is 1.03. The highest BCUT2D eigenvalue weighted by Crippen LogP contribution is 2.33. The van der Waals surface area contributed by atoms with E-state index in [1.807, 2.05) is 18.2 Å². The number of anilines is 2. The van der Waals surface area contributed by atoms with Gasteiger partial charge in [-0.15, -0.1) is 0 Å². The summed E-state index contributed by atoms with van der Waals surface area (Å²) in [6.07, 6.45) is 5.50. The van der Waals surface area contributed by atoms with Gasteiger partial charge in [0.05, 0.1) is 11.4 Å². The Morgan fingerprint density at radius 2 is 2.20 bits per heavy atom. The fourth-order valence-electron chi connectivity index (χ4n) is 1.71. The van der Waals surface area contributed by atoms with Crippen molar-refractivity contribution in [3.05, 3.63) is 22.7 Å². The molecule has 3 N–H and O–H groups in total. The molecule has 0 amide bonds. The van der Waals surface area contributed by atoms with Gasteiger partial charge >= 0.3 is 0 Å². The number of nitrogens with two attached hydrogens (primary N) is 1. The van der Waals surface area contributed by atoms with Crippen LogP contribution in [-0.2, 0) is 0 Å². The molecule has 0 radical (unpaired) electrons. The van der Waals surface area contributed by atoms with Gasteiger partial charge < -0.3 is 11.1 Å². The van der Waals surface area contributed by atoms with Crippen LogP contribution in [0, 0.1) is 5.92 Å². The maximum atomic E-state index is 5.88. The molecule has 0 spiro atoms. The molecule has 0 bridgehead atoms. The van der Waals surface area contributed by atoms with E-state index in [4.69, 9.17) is 5.73 Å². The van der Waals surface area contributed by atoms with Gasteiger partial charge in [-0.05, 0) is 37.0 Å². The molecule has 1 aliphatic carbocycles. The van der Waals surface area contributed by atoms with Crippen LogP contribution in [0.3, 0.4) is 0 Å². The maximum Gasteiger partial charge on any atom is 0.0574 e. The van der Waals surface area contributed by atoms with E-state index in [2.05, 4.69) is 21.2 Å². The van der Waals surface area contributed by atoms with Gasteiger partial charge in [0.2, 0.25) is 0 Å². The Morgan fingerprint density at radius 1 is 1.40 bits per heavy atom. The standard InChI is InChI=1S/C12H17BrN2/c13-10-5-6-12(11(14)8-10)15-7-1-2-9-3-4-9/h5-6,8-9,15H,1-4,7,14H2. The molecule has 0 aromatic heterocycles. The molecule has 2 rings (SSSR count). The van der Waals surface area contributed by atoms with Gasteiger partial charge in [0.25, 0.3) is 0 Å². The summed E-state index contributed by atoms with van der Waals surface area (Å²) in [6, 6.07) is 5.97. The average Bonchev–Trinajstić information content (AvgIpc) is 2.99. The van der Waals surface area contributed by atoms with Crippen molar-refractivity contribution in [1.29, 1.82) is 0 Å². The van der Waals surface area contributed by atoms with Crippen LogP contribution < -0.4 is 11.1 Å². The van der Waals surface area contributed by atoms with Crippen molar-refractivity contribution in [3.8, 4) is 0 Å². The zero-order chi connectivity index (χ0) is 10.7. The third kappa shape index (κ3) is 3.42. The van der Waals surface area contributed by atoms with E-state index in [0.29, 0.717) is 0 Å². The minimum absolute atomic E-state index is 0.816. The monoisotopic (exact) mass is 268 g/mol. The fourth-order valence-corrected chi connectivity index (χ4v) is 2.09. The van der Waals surface area contributed by atoms with Gasteiger partial charge in [0, 0.05) is 11.0 Å². The number of hydrogen-bond donors (Lipinski definition) is 2. The first-order chi connectivity index (χ1) is 7.25. The number of nitrogen functional groups attached to an aromatic ring is 1. The van der Waals surface area contributed by atoms with Crippen molar-refractivity contribution in [2.45, 2.75) is 25.7 Å². The summed E-state index contributed by atoms with van der Waals surface area (Å²) in [5.74, 6) is 1.02. The van der Waals surface area contributed by atoms with Crippen molar-refractivity contribution in [1.82, 2.24) is 0 Å². The lowest BCUT2D eigenvalue weighted by molar-refractivity contribution is 0.687. The van der Waals surface area contributed by atoms with Gasteiger partial charge in [-0.1, -0.05) is 28.8 Å². The maximum absolute atomic E-state index is 5.88.